The van der Waals surface area contributed by atoms with Gasteiger partial charge in [0.25, 0.3) is 0 Å². The summed E-state index contributed by atoms with van der Waals surface area (Å²) in [7, 11) is 0. The van der Waals surface area contributed by atoms with E-state index in [1.807, 2.05) is 30.3 Å². The first-order valence-electron chi connectivity index (χ1n) is 15.2. The number of nitrogens with zero attached hydrogens (tertiary/aromatic N) is 2. The van der Waals surface area contributed by atoms with Crippen molar-refractivity contribution in [3.8, 4) is 0 Å². The maximum atomic E-state index is 13.6. The van der Waals surface area contributed by atoms with Crippen molar-refractivity contribution >= 4 is 29.7 Å². The van der Waals surface area contributed by atoms with Crippen molar-refractivity contribution in [2.75, 3.05) is 19.7 Å². The average molecular weight is 608 g/mol. The van der Waals surface area contributed by atoms with Crippen LogP contribution in [-0.2, 0) is 37.0 Å². The predicted molar refractivity (Wildman–Crippen MR) is 161 cm³/mol. The van der Waals surface area contributed by atoms with Gasteiger partial charge < -0.3 is 24.9 Å². The Morgan fingerprint density at radius 1 is 0.955 bits per heavy atom. The van der Waals surface area contributed by atoms with Crippen LogP contribution in [0.15, 0.2) is 59.8 Å². The van der Waals surface area contributed by atoms with Crippen molar-refractivity contribution < 1.29 is 33.9 Å². The summed E-state index contributed by atoms with van der Waals surface area (Å²) >= 11 is 0. The van der Waals surface area contributed by atoms with Crippen molar-refractivity contribution in [3.05, 3.63) is 71.3 Å². The second kappa shape index (κ2) is 16.4. The van der Waals surface area contributed by atoms with Crippen LogP contribution in [0.4, 0.5) is 4.79 Å². The molecule has 0 spiro atoms. The normalized spacial score (nSPS) is 17.6. The third kappa shape index (κ3) is 9.03. The van der Waals surface area contributed by atoms with Crippen molar-refractivity contribution in [2.45, 2.75) is 70.7 Å². The van der Waals surface area contributed by atoms with Gasteiger partial charge in [0.1, 0.15) is 12.6 Å². The molecular weight excluding hydrogens is 566 g/mol. The highest BCUT2D eigenvalue weighted by molar-refractivity contribution is 6.06. The van der Waals surface area contributed by atoms with Crippen LogP contribution in [0.2, 0.25) is 0 Å². The lowest BCUT2D eigenvalue weighted by Crippen LogP contribution is -2.63. The minimum Gasteiger partial charge on any atom is -0.465 e. The van der Waals surface area contributed by atoms with Gasteiger partial charge in [0.05, 0.1) is 19.2 Å². The molecule has 0 aromatic heterocycles. The number of alkyl carbamates (subject to hydrolysis) is 1. The Morgan fingerprint density at radius 3 is 2.32 bits per heavy atom. The number of amides is 3. The Morgan fingerprint density at radius 2 is 1.68 bits per heavy atom. The maximum absolute atomic E-state index is 13.6. The Balaban J connectivity index is 1.27. The number of rotatable bonds is 12. The summed E-state index contributed by atoms with van der Waals surface area (Å²) in [5.74, 6) is -0.766. The molecule has 44 heavy (non-hydrogen) atoms. The molecule has 2 aromatic carbocycles. The van der Waals surface area contributed by atoms with Gasteiger partial charge in [0.2, 0.25) is 11.8 Å². The number of nitrogens with one attached hydrogen (secondary N) is 3. The quantitative estimate of drug-likeness (QED) is 0.0942. The summed E-state index contributed by atoms with van der Waals surface area (Å²) < 4.78 is 10.2. The first kappa shape index (κ1) is 32.5. The van der Waals surface area contributed by atoms with E-state index in [1.54, 1.807) is 36.1 Å². The monoisotopic (exact) mass is 607 g/mol. The number of hydrogen-bond donors (Lipinski definition) is 4. The van der Waals surface area contributed by atoms with Gasteiger partial charge in [-0.3, -0.25) is 25.0 Å². The Labute approximate surface area is 257 Å². The zero-order chi connectivity index (χ0) is 31.3. The van der Waals surface area contributed by atoms with Gasteiger partial charge in [-0.1, -0.05) is 79.0 Å². The number of carbonyl (C=O) groups excluding carboxylic acids is 4. The highest BCUT2D eigenvalue weighted by Crippen LogP contribution is 2.29. The van der Waals surface area contributed by atoms with Crippen LogP contribution in [0.25, 0.3) is 0 Å². The van der Waals surface area contributed by atoms with Gasteiger partial charge in [0, 0.05) is 18.7 Å². The van der Waals surface area contributed by atoms with Crippen LogP contribution < -0.4 is 16.0 Å². The first-order chi connectivity index (χ1) is 21.4. The molecule has 1 aliphatic carbocycles. The number of hydrogen-bond acceptors (Lipinski definition) is 9. The Bertz CT molecular complexity index is 1300. The molecule has 3 amide bonds. The zero-order valence-electron chi connectivity index (χ0n) is 25.0. The van der Waals surface area contributed by atoms with Crippen molar-refractivity contribution in [1.82, 2.24) is 20.9 Å². The van der Waals surface area contributed by atoms with Gasteiger partial charge in [0.15, 0.2) is 5.84 Å². The Kier molecular flexibility index (Phi) is 12.1. The maximum Gasteiger partial charge on any atom is 0.413 e. The Hall–Kier alpha value is -4.45. The van der Waals surface area contributed by atoms with Crippen LogP contribution in [0.3, 0.4) is 0 Å². The molecular formula is C32H41N5O7. The largest absolute Gasteiger partial charge is 0.465 e. The minimum absolute atomic E-state index is 0.0471. The van der Waals surface area contributed by atoms with Crippen molar-refractivity contribution in [2.24, 2.45) is 11.1 Å². The van der Waals surface area contributed by atoms with Gasteiger partial charge in [-0.2, -0.15) is 0 Å². The summed E-state index contributed by atoms with van der Waals surface area (Å²) in [5, 5.41) is 21.1. The summed E-state index contributed by atoms with van der Waals surface area (Å²) in [6.45, 7) is 2.75. The minimum atomic E-state index is -0.764. The number of likely N-dealkylation sites (tertiary alicyclic amines) is 1. The lowest BCUT2D eigenvalue weighted by atomic mass is 9.82. The number of benzene rings is 2. The standard InChI is InChI=1S/C32H41N5O7/c1-2-43-27(38)20-33-28(24-11-7-4-8-12-24)31(40)37-18-17-26(37)30(39)34-19-22-13-15-25(16-14-22)29(36-42)35-32(41)44-21-23-9-5-3-6-10-23/h3,5-6,9-10,13-16,24,26,28,33,42H,2,4,7-8,11-12,17-21H2,1H3,(H,34,39)(H,35,36,41)/t26-,28+/m0/s1. The average Bonchev–Trinajstić information content (AvgIpc) is 3.02. The number of esters is 1. The fraction of sp³-hybridized carbons (Fsp3) is 0.469. The first-order valence-corrected chi connectivity index (χ1v) is 15.2. The second-order valence-electron chi connectivity index (χ2n) is 10.9. The third-order valence-corrected chi connectivity index (χ3v) is 7.99. The fourth-order valence-electron chi connectivity index (χ4n) is 5.53. The molecule has 4 N–H and O–H groups in total. The van der Waals surface area contributed by atoms with Crippen LogP contribution in [0.1, 0.15) is 62.1 Å². The van der Waals surface area contributed by atoms with E-state index in [0.717, 1.165) is 43.2 Å². The van der Waals surface area contributed by atoms with Gasteiger partial charge >= 0.3 is 12.1 Å². The van der Waals surface area contributed by atoms with Gasteiger partial charge in [-0.25, -0.2) is 4.79 Å². The molecule has 1 saturated carbocycles. The summed E-state index contributed by atoms with van der Waals surface area (Å²) in [5.41, 5.74) is 2.04. The molecule has 2 aliphatic rings. The van der Waals surface area contributed by atoms with E-state index in [1.165, 1.54) is 0 Å². The molecule has 236 valence electrons. The van der Waals surface area contributed by atoms with Gasteiger partial charge in [-0.05, 0) is 43.2 Å². The van der Waals surface area contributed by atoms with E-state index in [-0.39, 0.29) is 49.9 Å². The molecule has 0 bridgehead atoms. The summed E-state index contributed by atoms with van der Waals surface area (Å²) in [6, 6.07) is 14.9. The molecule has 12 heteroatoms. The third-order valence-electron chi connectivity index (χ3n) is 7.99. The van der Waals surface area contributed by atoms with E-state index < -0.39 is 24.1 Å². The van der Waals surface area contributed by atoms with E-state index in [9.17, 15) is 24.4 Å². The number of ether oxygens (including phenoxy) is 2. The molecule has 2 aromatic rings. The van der Waals surface area contributed by atoms with Crippen LogP contribution >= 0.6 is 0 Å². The highest BCUT2D eigenvalue weighted by Gasteiger charge is 2.42. The second-order valence-corrected chi connectivity index (χ2v) is 10.9. The zero-order valence-corrected chi connectivity index (χ0v) is 25.0. The van der Waals surface area contributed by atoms with Gasteiger partial charge in [-0.15, -0.1) is 0 Å². The smallest absolute Gasteiger partial charge is 0.413 e. The SMILES string of the molecule is CCOC(=O)CN[C@@H](C(=O)N1CC[C@H]1C(=O)NCc1ccc(/C(=N/O)NC(=O)OCc2ccccc2)cc1)C1CCCCC1. The molecule has 12 nitrogen and oxygen atoms in total. The van der Waals surface area contributed by atoms with E-state index in [2.05, 4.69) is 21.1 Å². The molecule has 0 radical (unpaired) electrons. The van der Waals surface area contributed by atoms with E-state index in [0.29, 0.717) is 18.5 Å². The van der Waals surface area contributed by atoms with Crippen LogP contribution in [-0.4, -0.2) is 71.6 Å². The highest BCUT2D eigenvalue weighted by atomic mass is 16.5. The number of amidine groups is 1. The molecule has 2 atom stereocenters. The molecule has 1 heterocycles. The lowest BCUT2D eigenvalue weighted by Gasteiger charge is -2.43. The van der Waals surface area contributed by atoms with Crippen molar-refractivity contribution in [1.29, 1.82) is 0 Å². The number of carbonyl (C=O) groups is 4. The molecule has 2 fully saturated rings. The fourth-order valence-corrected chi connectivity index (χ4v) is 5.53. The van der Waals surface area contributed by atoms with E-state index >= 15 is 0 Å². The lowest BCUT2D eigenvalue weighted by molar-refractivity contribution is -0.151. The summed E-state index contributed by atoms with van der Waals surface area (Å²) in [6.07, 6.45) is 4.82. The molecule has 1 aliphatic heterocycles. The number of oxime groups is 1. The van der Waals surface area contributed by atoms with E-state index in [4.69, 9.17) is 9.47 Å². The van der Waals surface area contributed by atoms with Crippen LogP contribution in [0, 0.1) is 5.92 Å². The summed E-state index contributed by atoms with van der Waals surface area (Å²) in [4.78, 5) is 52.4. The molecule has 1 saturated heterocycles. The van der Waals surface area contributed by atoms with Crippen LogP contribution in [0.5, 0.6) is 0 Å². The predicted octanol–water partition coefficient (Wildman–Crippen LogP) is 3.07. The topological polar surface area (TPSA) is 159 Å². The van der Waals surface area contributed by atoms with Crippen molar-refractivity contribution in [3.63, 3.8) is 0 Å². The molecule has 4 rings (SSSR count). The molecule has 0 unspecified atom stereocenters.